The number of halogens is 1. The van der Waals surface area contributed by atoms with Crippen LogP contribution in [0.4, 0.5) is 11.4 Å². The lowest BCUT2D eigenvalue weighted by atomic mass is 10.2. The van der Waals surface area contributed by atoms with Crippen molar-refractivity contribution in [2.75, 3.05) is 11.9 Å². The Labute approximate surface area is 133 Å². The van der Waals surface area contributed by atoms with Crippen LogP contribution >= 0.6 is 15.9 Å². The van der Waals surface area contributed by atoms with Gasteiger partial charge in [0.1, 0.15) is 11.5 Å². The van der Waals surface area contributed by atoms with Gasteiger partial charge in [0.15, 0.2) is 6.61 Å². The maximum absolute atomic E-state index is 11.8. The summed E-state index contributed by atoms with van der Waals surface area (Å²) in [5.74, 6) is -0.303. The third-order valence-electron chi connectivity index (χ3n) is 2.65. The molecule has 0 aliphatic heterocycles. The molecule has 2 aromatic rings. The number of nitrogens with zero attached hydrogens (tertiary/aromatic N) is 1. The number of non-ortho nitro benzene ring substituents is 1. The number of anilines is 1. The second-order valence-corrected chi connectivity index (χ2v) is 5.17. The van der Waals surface area contributed by atoms with Crippen LogP contribution in [-0.2, 0) is 4.79 Å². The minimum absolute atomic E-state index is 0.0430. The van der Waals surface area contributed by atoms with E-state index in [0.29, 0.717) is 5.75 Å². The van der Waals surface area contributed by atoms with Crippen molar-refractivity contribution in [2.24, 2.45) is 0 Å². The van der Waals surface area contributed by atoms with E-state index in [9.17, 15) is 20.0 Å². The smallest absolute Gasteiger partial charge is 0.271 e. The fraction of sp³-hybridized carbons (Fsp3) is 0.0714. The minimum atomic E-state index is -0.618. The van der Waals surface area contributed by atoms with Crippen molar-refractivity contribution in [2.45, 2.75) is 0 Å². The van der Waals surface area contributed by atoms with Crippen molar-refractivity contribution in [3.8, 4) is 11.5 Å². The van der Waals surface area contributed by atoms with Crippen molar-refractivity contribution in [1.29, 1.82) is 0 Å². The zero-order valence-electron chi connectivity index (χ0n) is 11.2. The Balaban J connectivity index is 1.98. The van der Waals surface area contributed by atoms with Gasteiger partial charge in [-0.25, -0.2) is 0 Å². The number of nitro groups is 1. The number of nitrogens with one attached hydrogen (secondary N) is 1. The van der Waals surface area contributed by atoms with E-state index >= 15 is 0 Å². The Bertz CT molecular complexity index is 703. The average molecular weight is 367 g/mol. The summed E-state index contributed by atoms with van der Waals surface area (Å²) in [5, 5.41) is 22.6. The van der Waals surface area contributed by atoms with Crippen molar-refractivity contribution in [3.05, 3.63) is 57.1 Å². The SMILES string of the molecule is O=C(COc1ccc(Br)cc1)Nc1cc([N+](=O)[O-])ccc1O. The number of carbonyl (C=O) groups is 1. The standard InChI is InChI=1S/C14H11BrN2O5/c15-9-1-4-11(5-2-9)22-8-14(19)16-12-7-10(17(20)21)3-6-13(12)18/h1-7,18H,8H2,(H,16,19). The van der Waals surface area contributed by atoms with Crippen LogP contribution < -0.4 is 10.1 Å². The summed E-state index contributed by atoms with van der Waals surface area (Å²) < 4.78 is 6.14. The number of hydrogen-bond acceptors (Lipinski definition) is 5. The van der Waals surface area contributed by atoms with Crippen molar-refractivity contribution >= 4 is 33.2 Å². The third kappa shape index (κ3) is 4.19. The first-order valence-electron chi connectivity index (χ1n) is 6.11. The lowest BCUT2D eigenvalue weighted by Crippen LogP contribution is -2.20. The van der Waals surface area contributed by atoms with Gasteiger partial charge in [-0.15, -0.1) is 0 Å². The first-order valence-corrected chi connectivity index (χ1v) is 6.90. The van der Waals surface area contributed by atoms with Gasteiger partial charge in [0, 0.05) is 16.6 Å². The number of ether oxygens (including phenoxy) is 1. The zero-order valence-corrected chi connectivity index (χ0v) is 12.7. The molecule has 7 nitrogen and oxygen atoms in total. The molecule has 114 valence electrons. The lowest BCUT2D eigenvalue weighted by Gasteiger charge is -2.08. The molecule has 2 rings (SSSR count). The molecule has 0 aliphatic rings. The van der Waals surface area contributed by atoms with E-state index in [1.54, 1.807) is 24.3 Å². The molecule has 0 fully saturated rings. The number of hydrogen-bond donors (Lipinski definition) is 2. The minimum Gasteiger partial charge on any atom is -0.506 e. The molecule has 22 heavy (non-hydrogen) atoms. The van der Waals surface area contributed by atoms with Gasteiger partial charge >= 0.3 is 0 Å². The normalized spacial score (nSPS) is 10.0. The molecule has 0 aromatic heterocycles. The van der Waals surface area contributed by atoms with Crippen LogP contribution in [0.2, 0.25) is 0 Å². The molecule has 0 saturated carbocycles. The summed E-state index contributed by atoms with van der Waals surface area (Å²) in [7, 11) is 0. The van der Waals surface area contributed by atoms with E-state index in [0.717, 1.165) is 22.7 Å². The van der Waals surface area contributed by atoms with Gasteiger partial charge in [-0.2, -0.15) is 0 Å². The van der Waals surface area contributed by atoms with Gasteiger partial charge in [0.25, 0.3) is 11.6 Å². The highest BCUT2D eigenvalue weighted by Crippen LogP contribution is 2.27. The lowest BCUT2D eigenvalue weighted by molar-refractivity contribution is -0.384. The number of nitro benzene ring substituents is 1. The first-order chi connectivity index (χ1) is 10.5. The van der Waals surface area contributed by atoms with E-state index in [-0.39, 0.29) is 23.7 Å². The predicted octanol–water partition coefficient (Wildman–Crippen LogP) is 3.08. The van der Waals surface area contributed by atoms with Crippen LogP contribution in [-0.4, -0.2) is 22.5 Å². The molecular formula is C14H11BrN2O5. The molecule has 0 atom stereocenters. The molecule has 0 spiro atoms. The number of benzene rings is 2. The van der Waals surface area contributed by atoms with Crippen LogP contribution in [0.15, 0.2) is 46.9 Å². The number of rotatable bonds is 5. The molecule has 0 saturated heterocycles. The van der Waals surface area contributed by atoms with Gasteiger partial charge in [0.2, 0.25) is 0 Å². The highest BCUT2D eigenvalue weighted by atomic mass is 79.9. The van der Waals surface area contributed by atoms with Crippen LogP contribution in [0.5, 0.6) is 11.5 Å². The second-order valence-electron chi connectivity index (χ2n) is 4.25. The fourth-order valence-electron chi connectivity index (χ4n) is 1.60. The van der Waals surface area contributed by atoms with E-state index in [1.807, 2.05) is 0 Å². The van der Waals surface area contributed by atoms with Crippen LogP contribution in [0, 0.1) is 10.1 Å². The topological polar surface area (TPSA) is 102 Å². The highest BCUT2D eigenvalue weighted by Gasteiger charge is 2.13. The van der Waals surface area contributed by atoms with Gasteiger partial charge in [0.05, 0.1) is 10.6 Å². The van der Waals surface area contributed by atoms with E-state index < -0.39 is 10.8 Å². The highest BCUT2D eigenvalue weighted by molar-refractivity contribution is 9.10. The number of aromatic hydroxyl groups is 1. The van der Waals surface area contributed by atoms with Gasteiger partial charge in [-0.05, 0) is 30.3 Å². The van der Waals surface area contributed by atoms with Crippen LogP contribution in [0.25, 0.3) is 0 Å². The molecular weight excluding hydrogens is 356 g/mol. The molecule has 2 N–H and O–H groups in total. The molecule has 2 aromatic carbocycles. The molecule has 0 bridgehead atoms. The predicted molar refractivity (Wildman–Crippen MR) is 83.0 cm³/mol. The summed E-state index contributed by atoms with van der Waals surface area (Å²) in [4.78, 5) is 21.8. The molecule has 0 heterocycles. The monoisotopic (exact) mass is 366 g/mol. The third-order valence-corrected chi connectivity index (χ3v) is 3.18. The fourth-order valence-corrected chi connectivity index (χ4v) is 1.87. The molecule has 0 radical (unpaired) electrons. The number of carbonyl (C=O) groups excluding carboxylic acids is 1. The summed E-state index contributed by atoms with van der Waals surface area (Å²) in [5.41, 5.74) is -0.277. The van der Waals surface area contributed by atoms with Gasteiger partial charge < -0.3 is 15.2 Å². The maximum atomic E-state index is 11.8. The maximum Gasteiger partial charge on any atom is 0.271 e. The Kier molecular flexibility index (Phi) is 4.95. The van der Waals surface area contributed by atoms with Crippen molar-refractivity contribution < 1.29 is 19.6 Å². The summed E-state index contributed by atoms with van der Waals surface area (Å²) in [6.45, 7) is -0.288. The Hall–Kier alpha value is -2.61. The second kappa shape index (κ2) is 6.90. The van der Waals surface area contributed by atoms with E-state index in [4.69, 9.17) is 4.74 Å². The largest absolute Gasteiger partial charge is 0.506 e. The van der Waals surface area contributed by atoms with Gasteiger partial charge in [-0.3, -0.25) is 14.9 Å². The van der Waals surface area contributed by atoms with Crippen molar-refractivity contribution in [1.82, 2.24) is 0 Å². The zero-order chi connectivity index (χ0) is 16.1. The van der Waals surface area contributed by atoms with E-state index in [1.165, 1.54) is 0 Å². The Morgan fingerprint density at radius 3 is 2.59 bits per heavy atom. The quantitative estimate of drug-likeness (QED) is 0.480. The number of phenolic OH excluding ortho intramolecular Hbond substituents is 1. The Morgan fingerprint density at radius 2 is 1.95 bits per heavy atom. The summed E-state index contributed by atoms with van der Waals surface area (Å²) in [6, 6.07) is 10.3. The first kappa shape index (κ1) is 15.8. The number of phenols is 1. The molecule has 0 aliphatic carbocycles. The van der Waals surface area contributed by atoms with Crippen molar-refractivity contribution in [3.63, 3.8) is 0 Å². The molecule has 0 unspecified atom stereocenters. The van der Waals surface area contributed by atoms with Gasteiger partial charge in [-0.1, -0.05) is 15.9 Å². The molecule has 1 amide bonds. The summed E-state index contributed by atoms with van der Waals surface area (Å²) >= 11 is 3.28. The Morgan fingerprint density at radius 1 is 1.27 bits per heavy atom. The van der Waals surface area contributed by atoms with Crippen LogP contribution in [0.1, 0.15) is 0 Å². The molecule has 8 heteroatoms. The number of amides is 1. The average Bonchev–Trinajstić information content (AvgIpc) is 2.48. The van der Waals surface area contributed by atoms with E-state index in [2.05, 4.69) is 21.2 Å². The van der Waals surface area contributed by atoms with Crippen LogP contribution in [0.3, 0.4) is 0 Å². The summed E-state index contributed by atoms with van der Waals surface area (Å²) in [6.07, 6.45) is 0.